The van der Waals surface area contributed by atoms with E-state index in [9.17, 15) is 0 Å². The van der Waals surface area contributed by atoms with Crippen molar-refractivity contribution in [1.82, 2.24) is 0 Å². The highest BCUT2D eigenvalue weighted by molar-refractivity contribution is 7.09. The maximum atomic E-state index is 6.48. The minimum Gasteiger partial charge on any atom is -0.497 e. The van der Waals surface area contributed by atoms with Gasteiger partial charge in [0.2, 0.25) is 0 Å². The summed E-state index contributed by atoms with van der Waals surface area (Å²) in [4.78, 5) is 1.26. The molecule has 0 saturated carbocycles. The summed E-state index contributed by atoms with van der Waals surface area (Å²) in [5.41, 5.74) is 0.965. The van der Waals surface area contributed by atoms with Gasteiger partial charge >= 0.3 is 0 Å². The van der Waals surface area contributed by atoms with Crippen LogP contribution in [0.2, 0.25) is 0 Å². The highest BCUT2D eigenvalue weighted by atomic mass is 35.5. The van der Waals surface area contributed by atoms with Gasteiger partial charge in [-0.2, -0.15) is 0 Å². The Labute approximate surface area is 116 Å². The molecule has 1 unspecified atom stereocenters. The van der Waals surface area contributed by atoms with E-state index in [1.54, 1.807) is 25.6 Å². The van der Waals surface area contributed by atoms with Crippen molar-refractivity contribution in [1.29, 1.82) is 0 Å². The minimum absolute atomic E-state index is 0.117. The fourth-order valence-electron chi connectivity index (χ4n) is 1.80. The van der Waals surface area contributed by atoms with E-state index in [1.807, 2.05) is 24.3 Å². The molecular formula is C14H15ClO2S. The van der Waals surface area contributed by atoms with Gasteiger partial charge in [0, 0.05) is 16.9 Å². The number of ether oxygens (including phenoxy) is 2. The maximum absolute atomic E-state index is 6.48. The first-order valence-electron chi connectivity index (χ1n) is 5.63. The van der Waals surface area contributed by atoms with Crippen LogP contribution in [0.25, 0.3) is 0 Å². The van der Waals surface area contributed by atoms with Gasteiger partial charge in [0.05, 0.1) is 19.6 Å². The fourth-order valence-corrected chi connectivity index (χ4v) is 2.98. The quantitative estimate of drug-likeness (QED) is 0.762. The molecule has 0 aliphatic rings. The molecule has 4 heteroatoms. The molecule has 0 aliphatic heterocycles. The highest BCUT2D eigenvalue weighted by Gasteiger charge is 2.15. The third kappa shape index (κ3) is 2.98. The van der Waals surface area contributed by atoms with Crippen LogP contribution < -0.4 is 9.47 Å². The number of halogens is 1. The van der Waals surface area contributed by atoms with Crippen LogP contribution in [0.4, 0.5) is 0 Å². The van der Waals surface area contributed by atoms with Crippen molar-refractivity contribution >= 4 is 22.9 Å². The van der Waals surface area contributed by atoms with E-state index in [-0.39, 0.29) is 5.38 Å². The number of benzene rings is 1. The number of hydrogen-bond donors (Lipinski definition) is 0. The van der Waals surface area contributed by atoms with E-state index in [1.165, 1.54) is 4.88 Å². The fraction of sp³-hybridized carbons (Fsp3) is 0.286. The first kappa shape index (κ1) is 13.2. The Morgan fingerprint density at radius 2 is 2.06 bits per heavy atom. The zero-order valence-corrected chi connectivity index (χ0v) is 11.9. The zero-order valence-electron chi connectivity index (χ0n) is 10.4. The molecule has 96 valence electrons. The lowest BCUT2D eigenvalue weighted by Crippen LogP contribution is -1.99. The van der Waals surface area contributed by atoms with Crippen molar-refractivity contribution in [2.45, 2.75) is 11.8 Å². The summed E-state index contributed by atoms with van der Waals surface area (Å²) >= 11 is 8.19. The van der Waals surface area contributed by atoms with Crippen LogP contribution in [-0.4, -0.2) is 14.2 Å². The Morgan fingerprint density at radius 3 is 2.67 bits per heavy atom. The van der Waals surface area contributed by atoms with Crippen LogP contribution in [-0.2, 0) is 6.42 Å². The van der Waals surface area contributed by atoms with Crippen molar-refractivity contribution in [3.05, 3.63) is 46.2 Å². The van der Waals surface area contributed by atoms with E-state index >= 15 is 0 Å². The SMILES string of the molecule is COc1ccc(OC)c(C(Cl)Cc2cccs2)c1. The van der Waals surface area contributed by atoms with Gasteiger partial charge in [-0.25, -0.2) is 0 Å². The molecule has 2 aromatic rings. The van der Waals surface area contributed by atoms with Gasteiger partial charge in [0.15, 0.2) is 0 Å². The predicted molar refractivity (Wildman–Crippen MR) is 76.2 cm³/mol. The van der Waals surface area contributed by atoms with Crippen LogP contribution in [0.3, 0.4) is 0 Å². The lowest BCUT2D eigenvalue weighted by molar-refractivity contribution is 0.398. The van der Waals surface area contributed by atoms with E-state index in [4.69, 9.17) is 21.1 Å². The maximum Gasteiger partial charge on any atom is 0.123 e. The molecule has 1 heterocycles. The van der Waals surface area contributed by atoms with E-state index in [0.717, 1.165) is 23.5 Å². The Bertz CT molecular complexity index is 497. The molecule has 0 radical (unpaired) electrons. The van der Waals surface area contributed by atoms with Crippen LogP contribution in [0.5, 0.6) is 11.5 Å². The first-order chi connectivity index (χ1) is 8.74. The summed E-state index contributed by atoms with van der Waals surface area (Å²) in [6, 6.07) is 9.82. The molecule has 1 aromatic carbocycles. The van der Waals surface area contributed by atoms with Crippen molar-refractivity contribution in [2.75, 3.05) is 14.2 Å². The van der Waals surface area contributed by atoms with Crippen LogP contribution in [0.15, 0.2) is 35.7 Å². The molecule has 1 atom stereocenters. The van der Waals surface area contributed by atoms with E-state index in [0.29, 0.717) is 0 Å². The largest absolute Gasteiger partial charge is 0.497 e. The number of hydrogen-bond acceptors (Lipinski definition) is 3. The summed E-state index contributed by atoms with van der Waals surface area (Å²) in [6.07, 6.45) is 0.794. The third-order valence-corrected chi connectivity index (χ3v) is 4.02. The summed E-state index contributed by atoms with van der Waals surface area (Å²) in [6.45, 7) is 0. The molecule has 0 bridgehead atoms. The number of alkyl halides is 1. The number of methoxy groups -OCH3 is 2. The molecule has 2 rings (SSSR count). The third-order valence-electron chi connectivity index (χ3n) is 2.73. The van der Waals surface area contributed by atoms with Gasteiger partial charge in [-0.3, -0.25) is 0 Å². The lowest BCUT2D eigenvalue weighted by atomic mass is 10.1. The van der Waals surface area contributed by atoms with Gasteiger partial charge < -0.3 is 9.47 Å². The van der Waals surface area contributed by atoms with E-state index < -0.39 is 0 Å². The van der Waals surface area contributed by atoms with Crippen molar-refractivity contribution in [3.8, 4) is 11.5 Å². The Kier molecular flexibility index (Phi) is 4.50. The Morgan fingerprint density at radius 1 is 1.22 bits per heavy atom. The molecule has 0 amide bonds. The second kappa shape index (κ2) is 6.12. The van der Waals surface area contributed by atoms with Gasteiger partial charge in [-0.05, 0) is 29.6 Å². The molecule has 0 spiro atoms. The van der Waals surface area contributed by atoms with Gasteiger partial charge in [0.1, 0.15) is 11.5 Å². The lowest BCUT2D eigenvalue weighted by Gasteiger charge is -2.14. The Hall–Kier alpha value is -1.19. The van der Waals surface area contributed by atoms with Crippen molar-refractivity contribution < 1.29 is 9.47 Å². The standard InChI is InChI=1S/C14H15ClO2S/c1-16-10-5-6-14(17-2)12(8-10)13(15)9-11-4-3-7-18-11/h3-8,13H,9H2,1-2H3. The second-order valence-electron chi connectivity index (χ2n) is 3.86. The molecule has 0 fully saturated rings. The van der Waals surface area contributed by atoms with Gasteiger partial charge in [-0.1, -0.05) is 6.07 Å². The monoisotopic (exact) mass is 282 g/mol. The van der Waals surface area contributed by atoms with Gasteiger partial charge in [-0.15, -0.1) is 22.9 Å². The average molecular weight is 283 g/mol. The summed E-state index contributed by atoms with van der Waals surface area (Å²) in [7, 11) is 3.30. The number of thiophene rings is 1. The number of rotatable bonds is 5. The molecule has 0 saturated heterocycles. The van der Waals surface area contributed by atoms with Crippen LogP contribution in [0, 0.1) is 0 Å². The summed E-state index contributed by atoms with van der Waals surface area (Å²) in [5.74, 6) is 1.59. The normalized spacial score (nSPS) is 12.2. The Balaban J connectivity index is 2.24. The topological polar surface area (TPSA) is 18.5 Å². The zero-order chi connectivity index (χ0) is 13.0. The van der Waals surface area contributed by atoms with Crippen LogP contribution in [0.1, 0.15) is 15.8 Å². The second-order valence-corrected chi connectivity index (χ2v) is 5.42. The predicted octanol–water partition coefficient (Wildman–Crippen LogP) is 4.29. The molecule has 2 nitrogen and oxygen atoms in total. The van der Waals surface area contributed by atoms with E-state index in [2.05, 4.69) is 11.4 Å². The first-order valence-corrected chi connectivity index (χ1v) is 6.94. The van der Waals surface area contributed by atoms with Gasteiger partial charge in [0.25, 0.3) is 0 Å². The van der Waals surface area contributed by atoms with Crippen molar-refractivity contribution in [2.24, 2.45) is 0 Å². The summed E-state index contributed by atoms with van der Waals surface area (Å²) in [5, 5.41) is 1.94. The average Bonchev–Trinajstić information content (AvgIpc) is 2.90. The van der Waals surface area contributed by atoms with Crippen molar-refractivity contribution in [3.63, 3.8) is 0 Å². The minimum atomic E-state index is -0.117. The molecule has 0 N–H and O–H groups in total. The smallest absolute Gasteiger partial charge is 0.123 e. The molecule has 0 aliphatic carbocycles. The summed E-state index contributed by atoms with van der Waals surface area (Å²) < 4.78 is 10.6. The highest BCUT2D eigenvalue weighted by Crippen LogP contribution is 2.35. The molecule has 1 aromatic heterocycles. The molecule has 18 heavy (non-hydrogen) atoms. The molecular weight excluding hydrogens is 268 g/mol. The van der Waals surface area contributed by atoms with Crippen LogP contribution >= 0.6 is 22.9 Å².